The molecular weight excluding hydrogens is 653 g/mol. The topological polar surface area (TPSA) is 227 Å². The molecule has 1 fully saturated rings. The van der Waals surface area contributed by atoms with Gasteiger partial charge in [0.1, 0.15) is 36.9 Å². The Morgan fingerprint density at radius 3 is 2.51 bits per heavy atom. The molecule has 2 aromatic heterocycles. The monoisotopic (exact) mass is 700 g/mol. The number of phenolic OH excluding ortho intramolecular Hbond substituents is 1. The number of phenols is 1. The molecule has 1 unspecified atom stereocenters. The largest absolute Gasteiger partial charge is 0.613 e. The van der Waals surface area contributed by atoms with E-state index in [0.717, 1.165) is 25.7 Å². The summed E-state index contributed by atoms with van der Waals surface area (Å²) in [7, 11) is -2.53. The molecule has 1 aliphatic rings. The van der Waals surface area contributed by atoms with Crippen molar-refractivity contribution in [1.29, 1.82) is 0 Å². The molecule has 49 heavy (non-hydrogen) atoms. The molecule has 3 aromatic rings. The predicted octanol–water partition coefficient (Wildman–Crippen LogP) is 4.24. The maximum Gasteiger partial charge on any atom is 0.613 e. The van der Waals surface area contributed by atoms with Gasteiger partial charge in [0.05, 0.1) is 12.0 Å². The molecule has 7 N–H and O–H groups in total. The minimum Gasteiger partial charge on any atom is -0.508 e. The van der Waals surface area contributed by atoms with Crippen molar-refractivity contribution < 1.29 is 33.3 Å². The van der Waals surface area contributed by atoms with Gasteiger partial charge in [-0.25, -0.2) is 4.98 Å². The summed E-state index contributed by atoms with van der Waals surface area (Å²) in [6.45, 7) is 9.34. The number of carbonyl (C=O) groups is 2. The Morgan fingerprint density at radius 1 is 1.14 bits per heavy atom. The highest BCUT2D eigenvalue weighted by Gasteiger charge is 2.53. The van der Waals surface area contributed by atoms with Crippen LogP contribution in [-0.2, 0) is 28.2 Å². The molecule has 1 aromatic carbocycles. The van der Waals surface area contributed by atoms with Crippen LogP contribution in [0.1, 0.15) is 66.7 Å². The first-order valence-corrected chi connectivity index (χ1v) is 17.7. The second kappa shape index (κ2) is 16.5. The number of aromatic nitrogens is 4. The van der Waals surface area contributed by atoms with Crippen LogP contribution in [0.25, 0.3) is 28.8 Å². The highest BCUT2D eigenvalue weighted by atomic mass is 31.1. The van der Waals surface area contributed by atoms with E-state index in [1.54, 1.807) is 43.7 Å². The fourth-order valence-corrected chi connectivity index (χ4v) is 6.28. The number of esters is 2. The maximum atomic E-state index is 13.0. The number of nitrogens with one attached hydrogen (secondary N) is 2. The van der Waals surface area contributed by atoms with E-state index >= 15 is 0 Å². The molecule has 0 saturated heterocycles. The Kier molecular flexibility index (Phi) is 12.7. The van der Waals surface area contributed by atoms with Crippen molar-refractivity contribution in [1.82, 2.24) is 24.6 Å². The number of carbonyl (C=O) groups excluding carboxylic acids is 2. The van der Waals surface area contributed by atoms with Crippen LogP contribution in [-0.4, -0.2) is 68.5 Å². The number of imidazole rings is 1. The number of nitrogens with zero attached hydrogens (tertiary/aromatic N) is 3. The first-order valence-electron chi connectivity index (χ1n) is 16.5. The van der Waals surface area contributed by atoms with Crippen LogP contribution in [0.15, 0.2) is 34.6 Å². The van der Waals surface area contributed by atoms with Gasteiger partial charge in [0.15, 0.2) is 11.2 Å². The van der Waals surface area contributed by atoms with E-state index in [2.05, 4.69) is 33.9 Å². The standard InChI is InChI=1S/C33H46N7O8P/c1-6-9-21(10-7-2)16-46-30(43)20(5)39-49(45)48-18-33(17-47-31(44)25(34)19(3)4)14-23(33)15-40-27(22-11-8-12-24(41)13-22)36-26-28(40)37-32(35)38-29(26)42/h8,11-13,15,19-21,25H,6-7,9-10,14,16-18,34H2,1-5H3,(H4-,35,37,38,39,41,42,45)/p+1/b23-15-/t20-,25-,33-/m0/s1. The zero-order valence-corrected chi connectivity index (χ0v) is 29.5. The molecule has 15 nitrogen and oxygen atoms in total. The summed E-state index contributed by atoms with van der Waals surface area (Å²) in [4.78, 5) is 49.4. The van der Waals surface area contributed by atoms with Gasteiger partial charge in [0, 0.05) is 11.8 Å². The van der Waals surface area contributed by atoms with E-state index < -0.39 is 43.2 Å². The third-order valence-electron chi connectivity index (χ3n) is 8.49. The number of fused-ring (bicyclic) bond motifs is 1. The summed E-state index contributed by atoms with van der Waals surface area (Å²) >= 11 is 0. The number of rotatable bonds is 18. The first kappa shape index (κ1) is 37.6. The number of hydrogen-bond donors (Lipinski definition) is 5. The van der Waals surface area contributed by atoms with E-state index in [1.165, 1.54) is 12.1 Å². The number of nitrogens with two attached hydrogens (primary N) is 2. The predicted molar refractivity (Wildman–Crippen MR) is 185 cm³/mol. The van der Waals surface area contributed by atoms with Gasteiger partial charge in [-0.3, -0.25) is 23.9 Å². The van der Waals surface area contributed by atoms with Crippen LogP contribution in [0.3, 0.4) is 0 Å². The molecule has 4 rings (SSSR count). The average molecular weight is 701 g/mol. The SMILES string of the molecule is CCCC(CCC)COC(=O)[C@H](C)N[P+](=O)OC[C@@]1(COC(=O)[C@@H](N)C(C)C)C/C1=C/n1c(-c2cccc(O)c2)nc2c(=O)[nH]c(N)nc21. The Bertz CT molecular complexity index is 1750. The van der Waals surface area contributed by atoms with Crippen molar-refractivity contribution in [3.8, 4) is 17.1 Å². The van der Waals surface area contributed by atoms with E-state index in [1.807, 2.05) is 0 Å². The lowest BCUT2D eigenvalue weighted by Crippen LogP contribution is -2.38. The molecule has 1 saturated carbocycles. The molecule has 0 aliphatic heterocycles. The number of anilines is 1. The zero-order chi connectivity index (χ0) is 35.9. The molecular formula is C33H47N7O8P+. The van der Waals surface area contributed by atoms with E-state index in [4.69, 9.17) is 25.5 Å². The normalized spacial score (nSPS) is 18.2. The molecule has 266 valence electrons. The minimum atomic E-state index is -2.53. The smallest absolute Gasteiger partial charge is 0.508 e. The molecule has 0 spiro atoms. The summed E-state index contributed by atoms with van der Waals surface area (Å²) in [5.74, 6) is -0.859. The van der Waals surface area contributed by atoms with Gasteiger partial charge < -0.3 is 26.0 Å². The summed E-state index contributed by atoms with van der Waals surface area (Å²) in [5, 5.41) is 12.8. The highest BCUT2D eigenvalue weighted by molar-refractivity contribution is 7.36. The van der Waals surface area contributed by atoms with Crippen LogP contribution in [0, 0.1) is 17.3 Å². The molecule has 16 heteroatoms. The fourth-order valence-electron chi connectivity index (χ4n) is 5.42. The number of aromatic amines is 1. The van der Waals surface area contributed by atoms with Crippen molar-refractivity contribution in [2.75, 3.05) is 25.6 Å². The molecule has 0 radical (unpaired) electrons. The lowest BCUT2D eigenvalue weighted by molar-refractivity contribution is -0.148. The highest BCUT2D eigenvalue weighted by Crippen LogP contribution is 2.54. The maximum absolute atomic E-state index is 13.0. The van der Waals surface area contributed by atoms with Gasteiger partial charge in [-0.2, -0.15) is 4.98 Å². The minimum absolute atomic E-state index is 0.0103. The van der Waals surface area contributed by atoms with Crippen molar-refractivity contribution >= 4 is 43.4 Å². The molecule has 1 aliphatic carbocycles. The van der Waals surface area contributed by atoms with E-state index in [0.29, 0.717) is 30.0 Å². The number of ether oxygens (including phenoxy) is 2. The van der Waals surface area contributed by atoms with Crippen LogP contribution in [0.2, 0.25) is 0 Å². The number of aromatic hydroxyl groups is 1. The Balaban J connectivity index is 1.57. The second-order valence-corrected chi connectivity index (χ2v) is 14.0. The van der Waals surface area contributed by atoms with Crippen LogP contribution in [0.5, 0.6) is 5.75 Å². The van der Waals surface area contributed by atoms with Crippen molar-refractivity contribution in [2.45, 2.75) is 78.8 Å². The number of nitrogen functional groups attached to an aromatic ring is 1. The quantitative estimate of drug-likeness (QED) is 0.0925. The Labute approximate surface area is 285 Å². The summed E-state index contributed by atoms with van der Waals surface area (Å²) in [6, 6.07) is 4.59. The molecule has 0 bridgehead atoms. The van der Waals surface area contributed by atoms with Gasteiger partial charge in [-0.05, 0) is 60.3 Å². The van der Waals surface area contributed by atoms with Gasteiger partial charge >= 0.3 is 20.1 Å². The average Bonchev–Trinajstić information content (AvgIpc) is 3.62. The van der Waals surface area contributed by atoms with Crippen LogP contribution in [0.4, 0.5) is 5.95 Å². The Morgan fingerprint density at radius 2 is 1.86 bits per heavy atom. The number of benzene rings is 1. The van der Waals surface area contributed by atoms with Crippen molar-refractivity contribution in [2.24, 2.45) is 23.0 Å². The molecule has 2 heterocycles. The van der Waals surface area contributed by atoms with Crippen LogP contribution >= 0.6 is 8.18 Å². The van der Waals surface area contributed by atoms with Gasteiger partial charge in [0.2, 0.25) is 5.95 Å². The summed E-state index contributed by atoms with van der Waals surface area (Å²) < 4.78 is 31.4. The zero-order valence-electron chi connectivity index (χ0n) is 28.6. The summed E-state index contributed by atoms with van der Waals surface area (Å²) in [6.07, 6.45) is 5.92. The van der Waals surface area contributed by atoms with Crippen molar-refractivity contribution in [3.63, 3.8) is 0 Å². The van der Waals surface area contributed by atoms with E-state index in [-0.39, 0.29) is 47.9 Å². The molecule has 0 amide bonds. The van der Waals surface area contributed by atoms with Crippen LogP contribution < -0.4 is 22.1 Å². The molecule has 4 atom stereocenters. The second-order valence-electron chi connectivity index (χ2n) is 12.9. The van der Waals surface area contributed by atoms with Gasteiger partial charge in [0.25, 0.3) is 5.56 Å². The number of H-pyrrole nitrogens is 1. The summed E-state index contributed by atoms with van der Waals surface area (Å²) in [5.41, 5.74) is 11.8. The number of hydrogen-bond acceptors (Lipinski definition) is 12. The van der Waals surface area contributed by atoms with Gasteiger partial charge in [-0.1, -0.05) is 57.8 Å². The van der Waals surface area contributed by atoms with Crippen molar-refractivity contribution in [3.05, 3.63) is 40.2 Å². The van der Waals surface area contributed by atoms with Gasteiger partial charge in [-0.15, -0.1) is 4.52 Å². The Hall–Kier alpha value is -4.17. The lowest BCUT2D eigenvalue weighted by atomic mass is 9.99. The fraction of sp³-hybridized carbons (Fsp3) is 0.545. The first-order chi connectivity index (χ1) is 23.3. The third-order valence-corrected chi connectivity index (χ3v) is 9.45. The lowest BCUT2D eigenvalue weighted by Gasteiger charge is -2.18. The van der Waals surface area contributed by atoms with E-state index in [9.17, 15) is 24.1 Å². The third kappa shape index (κ3) is 9.50.